The molecule has 0 aromatic heterocycles. The van der Waals surface area contributed by atoms with Crippen LogP contribution in [-0.2, 0) is 9.53 Å². The smallest absolute Gasteiger partial charge is 0.337 e. The van der Waals surface area contributed by atoms with Crippen LogP contribution in [0.3, 0.4) is 0 Å². The number of hydrogen-bond donors (Lipinski definition) is 1. The highest BCUT2D eigenvalue weighted by atomic mass is 35.5. The normalized spacial score (nSPS) is 10.2. The average molecular weight is 350 g/mol. The second-order valence-electron chi connectivity index (χ2n) is 4.65. The maximum atomic E-state index is 12.0. The number of hydrogen-bond acceptors (Lipinski definition) is 4. The van der Waals surface area contributed by atoms with Crippen molar-refractivity contribution in [2.24, 2.45) is 0 Å². The number of methoxy groups -OCH3 is 1. The summed E-state index contributed by atoms with van der Waals surface area (Å²) in [7, 11) is 1.32. The third-order valence-corrected chi connectivity index (χ3v) is 4.51. The Morgan fingerprint density at radius 2 is 1.96 bits per heavy atom. The molecule has 23 heavy (non-hydrogen) atoms. The molecule has 0 unspecified atom stereocenters. The van der Waals surface area contributed by atoms with Gasteiger partial charge in [-0.2, -0.15) is 0 Å². The lowest BCUT2D eigenvalue weighted by Crippen LogP contribution is -2.12. The number of thioether (sulfide) groups is 1. The van der Waals surface area contributed by atoms with Crippen molar-refractivity contribution in [1.82, 2.24) is 0 Å². The largest absolute Gasteiger partial charge is 0.465 e. The highest BCUT2D eigenvalue weighted by molar-refractivity contribution is 7.99. The number of benzene rings is 2. The van der Waals surface area contributed by atoms with Gasteiger partial charge in [0.1, 0.15) is 0 Å². The van der Waals surface area contributed by atoms with Crippen molar-refractivity contribution >= 4 is 40.9 Å². The molecular weight excluding hydrogens is 334 g/mol. The maximum absolute atomic E-state index is 12.0. The van der Waals surface area contributed by atoms with E-state index >= 15 is 0 Å². The minimum absolute atomic E-state index is 0.119. The molecule has 2 rings (SSSR count). The van der Waals surface area contributed by atoms with Crippen molar-refractivity contribution < 1.29 is 14.3 Å². The van der Waals surface area contributed by atoms with Gasteiger partial charge in [0.15, 0.2) is 0 Å². The van der Waals surface area contributed by atoms with Gasteiger partial charge in [0.05, 0.1) is 17.7 Å². The van der Waals surface area contributed by atoms with Crippen LogP contribution in [0.25, 0.3) is 0 Å². The minimum Gasteiger partial charge on any atom is -0.465 e. The monoisotopic (exact) mass is 349 g/mol. The quantitative estimate of drug-likeness (QED) is 0.625. The van der Waals surface area contributed by atoms with Crippen LogP contribution in [0.1, 0.15) is 16.8 Å². The first kappa shape index (κ1) is 17.4. The number of halogens is 1. The molecule has 2 aromatic rings. The molecule has 0 radical (unpaired) electrons. The summed E-state index contributed by atoms with van der Waals surface area (Å²) in [6.07, 6.45) is 0.346. The Kier molecular flexibility index (Phi) is 6.50. The van der Waals surface area contributed by atoms with Gasteiger partial charge in [0.25, 0.3) is 0 Å². The third-order valence-electron chi connectivity index (χ3n) is 2.99. The van der Waals surface area contributed by atoms with Crippen LogP contribution in [0.15, 0.2) is 53.4 Å². The van der Waals surface area contributed by atoms with E-state index in [2.05, 4.69) is 10.1 Å². The van der Waals surface area contributed by atoms with Gasteiger partial charge in [-0.05, 0) is 30.3 Å². The lowest BCUT2D eigenvalue weighted by atomic mass is 10.2. The summed E-state index contributed by atoms with van der Waals surface area (Å²) < 4.78 is 4.65. The molecule has 120 valence electrons. The van der Waals surface area contributed by atoms with E-state index in [0.717, 1.165) is 4.90 Å². The van der Waals surface area contributed by atoms with E-state index < -0.39 is 5.97 Å². The molecule has 0 aliphatic heterocycles. The van der Waals surface area contributed by atoms with E-state index in [1.54, 1.807) is 24.3 Å². The van der Waals surface area contributed by atoms with E-state index in [9.17, 15) is 9.59 Å². The number of carbonyl (C=O) groups is 2. The predicted octanol–water partition coefficient (Wildman–Crippen LogP) is 4.25. The van der Waals surface area contributed by atoms with Gasteiger partial charge in [-0.25, -0.2) is 4.79 Å². The van der Waals surface area contributed by atoms with Crippen LogP contribution in [0.4, 0.5) is 5.69 Å². The van der Waals surface area contributed by atoms with Crippen LogP contribution in [-0.4, -0.2) is 24.7 Å². The van der Waals surface area contributed by atoms with Gasteiger partial charge in [0, 0.05) is 22.8 Å². The number of anilines is 1. The number of nitrogens with one attached hydrogen (secondary N) is 1. The minimum atomic E-state index is -0.435. The van der Waals surface area contributed by atoms with Crippen molar-refractivity contribution in [1.29, 1.82) is 0 Å². The summed E-state index contributed by atoms with van der Waals surface area (Å²) in [5, 5.41) is 3.45. The zero-order valence-corrected chi connectivity index (χ0v) is 14.1. The van der Waals surface area contributed by atoms with Crippen LogP contribution in [0.5, 0.6) is 0 Å². The molecule has 0 aliphatic rings. The molecular formula is C17H16ClNO3S. The highest BCUT2D eigenvalue weighted by Crippen LogP contribution is 2.27. The van der Waals surface area contributed by atoms with E-state index in [0.29, 0.717) is 28.4 Å². The Labute approximate surface area is 144 Å². The van der Waals surface area contributed by atoms with Gasteiger partial charge >= 0.3 is 5.97 Å². The molecule has 2 aromatic carbocycles. The van der Waals surface area contributed by atoms with E-state index in [-0.39, 0.29) is 5.91 Å². The molecule has 0 fully saturated rings. The van der Waals surface area contributed by atoms with E-state index in [4.69, 9.17) is 11.6 Å². The maximum Gasteiger partial charge on any atom is 0.337 e. The molecule has 1 N–H and O–H groups in total. The Balaban J connectivity index is 1.85. The van der Waals surface area contributed by atoms with Gasteiger partial charge in [0.2, 0.25) is 5.91 Å². The number of amides is 1. The first-order valence-electron chi connectivity index (χ1n) is 6.95. The zero-order valence-electron chi connectivity index (χ0n) is 12.5. The van der Waals surface area contributed by atoms with Gasteiger partial charge in [-0.15, -0.1) is 11.8 Å². The summed E-state index contributed by atoms with van der Waals surface area (Å²) in [6.45, 7) is 0. The lowest BCUT2D eigenvalue weighted by molar-refractivity contribution is -0.115. The SMILES string of the molecule is COC(=O)c1cccc(NC(=O)CCSc2ccccc2Cl)c1. The molecule has 0 bridgehead atoms. The van der Waals surface area contributed by atoms with E-state index in [1.807, 2.05) is 24.3 Å². The predicted molar refractivity (Wildman–Crippen MR) is 93.2 cm³/mol. The Bertz CT molecular complexity index is 706. The lowest BCUT2D eigenvalue weighted by Gasteiger charge is -2.07. The number of carbonyl (C=O) groups excluding carboxylic acids is 2. The molecule has 0 saturated carbocycles. The molecule has 0 spiro atoms. The fourth-order valence-electron chi connectivity index (χ4n) is 1.88. The van der Waals surface area contributed by atoms with Crippen LogP contribution in [0.2, 0.25) is 5.02 Å². The first-order valence-corrected chi connectivity index (χ1v) is 8.32. The number of esters is 1. The highest BCUT2D eigenvalue weighted by Gasteiger charge is 2.08. The summed E-state index contributed by atoms with van der Waals surface area (Å²) in [6, 6.07) is 14.2. The van der Waals surface area contributed by atoms with Crippen molar-refractivity contribution in [3.63, 3.8) is 0 Å². The molecule has 0 saturated heterocycles. The molecule has 4 nitrogen and oxygen atoms in total. The molecule has 1 amide bonds. The fourth-order valence-corrected chi connectivity index (χ4v) is 3.07. The topological polar surface area (TPSA) is 55.4 Å². The van der Waals surface area contributed by atoms with Crippen LogP contribution < -0.4 is 5.32 Å². The standard InChI is InChI=1S/C17H16ClNO3S/c1-22-17(21)12-5-4-6-13(11-12)19-16(20)9-10-23-15-8-3-2-7-14(15)18/h2-8,11H,9-10H2,1H3,(H,19,20). The van der Waals surface area contributed by atoms with Gasteiger partial charge in [-0.3, -0.25) is 4.79 Å². The third kappa shape index (κ3) is 5.30. The van der Waals surface area contributed by atoms with Gasteiger partial charge in [-0.1, -0.05) is 29.8 Å². The Morgan fingerprint density at radius 1 is 1.17 bits per heavy atom. The Hall–Kier alpha value is -1.98. The molecule has 0 aliphatic carbocycles. The van der Waals surface area contributed by atoms with Crippen molar-refractivity contribution in [2.45, 2.75) is 11.3 Å². The summed E-state index contributed by atoms with van der Waals surface area (Å²) >= 11 is 7.60. The molecule has 6 heteroatoms. The van der Waals surface area contributed by atoms with Crippen molar-refractivity contribution in [3.05, 3.63) is 59.1 Å². The zero-order chi connectivity index (χ0) is 16.7. The second kappa shape index (κ2) is 8.60. The fraction of sp³-hybridized carbons (Fsp3) is 0.176. The Morgan fingerprint density at radius 3 is 2.70 bits per heavy atom. The second-order valence-corrected chi connectivity index (χ2v) is 6.19. The number of rotatable bonds is 6. The summed E-state index contributed by atoms with van der Waals surface area (Å²) in [5.41, 5.74) is 0.969. The van der Waals surface area contributed by atoms with E-state index in [1.165, 1.54) is 18.9 Å². The number of ether oxygens (including phenoxy) is 1. The average Bonchev–Trinajstić information content (AvgIpc) is 2.56. The van der Waals surface area contributed by atoms with Crippen LogP contribution >= 0.6 is 23.4 Å². The first-order chi connectivity index (χ1) is 11.1. The molecule has 0 heterocycles. The summed E-state index contributed by atoms with van der Waals surface area (Å²) in [4.78, 5) is 24.4. The molecule has 0 atom stereocenters. The summed E-state index contributed by atoms with van der Waals surface area (Å²) in [5.74, 6) is 0.0636. The van der Waals surface area contributed by atoms with Crippen LogP contribution in [0, 0.1) is 0 Å². The van der Waals surface area contributed by atoms with Crippen molar-refractivity contribution in [2.75, 3.05) is 18.2 Å². The van der Waals surface area contributed by atoms with Crippen molar-refractivity contribution in [3.8, 4) is 0 Å². The van der Waals surface area contributed by atoms with Gasteiger partial charge < -0.3 is 10.1 Å².